The van der Waals surface area contributed by atoms with E-state index >= 15 is 0 Å². The van der Waals surface area contributed by atoms with Gasteiger partial charge >= 0.3 is 5.69 Å². The lowest BCUT2D eigenvalue weighted by Crippen LogP contribution is -2.21. The summed E-state index contributed by atoms with van der Waals surface area (Å²) >= 11 is 0. The second-order valence-electron chi connectivity index (χ2n) is 6.50. The molecule has 0 saturated heterocycles. The number of nitrogens with one attached hydrogen (secondary N) is 1. The fraction of sp³-hybridized carbons (Fsp3) is 0.174. The summed E-state index contributed by atoms with van der Waals surface area (Å²) in [5.74, 6) is 0.168. The number of nitro benzene ring substituents is 1. The minimum atomic E-state index is -0.550. The van der Waals surface area contributed by atoms with E-state index < -0.39 is 10.8 Å². The molecule has 0 aliphatic heterocycles. The van der Waals surface area contributed by atoms with Gasteiger partial charge in [0.2, 0.25) is 0 Å². The van der Waals surface area contributed by atoms with Gasteiger partial charge in [0.05, 0.1) is 17.2 Å². The minimum absolute atomic E-state index is 0.0445. The molecule has 0 radical (unpaired) electrons. The van der Waals surface area contributed by atoms with E-state index in [1.807, 2.05) is 24.3 Å². The lowest BCUT2D eigenvalue weighted by Gasteiger charge is -2.13. The van der Waals surface area contributed by atoms with Crippen LogP contribution in [0, 0.1) is 10.1 Å². The number of nitro groups is 1. The first kappa shape index (κ1) is 20.9. The highest BCUT2D eigenvalue weighted by Crippen LogP contribution is 2.26. The van der Waals surface area contributed by atoms with Gasteiger partial charge < -0.3 is 14.8 Å². The van der Waals surface area contributed by atoms with Gasteiger partial charge in [0.1, 0.15) is 5.75 Å². The molecular weight excluding hydrogens is 384 g/mol. The van der Waals surface area contributed by atoms with Crippen molar-refractivity contribution in [2.45, 2.75) is 12.8 Å². The van der Waals surface area contributed by atoms with Crippen LogP contribution in [-0.4, -0.2) is 24.0 Å². The van der Waals surface area contributed by atoms with Gasteiger partial charge in [0.15, 0.2) is 12.4 Å². The number of ether oxygens (including phenoxy) is 2. The fourth-order valence-corrected chi connectivity index (χ4v) is 2.86. The summed E-state index contributed by atoms with van der Waals surface area (Å²) in [7, 11) is 0. The number of hydrogen-bond acceptors (Lipinski definition) is 5. The van der Waals surface area contributed by atoms with Crippen LogP contribution >= 0.6 is 0 Å². The fourth-order valence-electron chi connectivity index (χ4n) is 2.86. The zero-order valence-electron chi connectivity index (χ0n) is 16.3. The maximum absolute atomic E-state index is 12.3. The third-order valence-electron chi connectivity index (χ3n) is 4.29. The normalized spacial score (nSPS) is 10.3. The van der Waals surface area contributed by atoms with E-state index in [1.54, 1.807) is 24.3 Å². The number of carbonyl (C=O) groups excluding carboxylic acids is 1. The Morgan fingerprint density at radius 1 is 0.867 bits per heavy atom. The summed E-state index contributed by atoms with van der Waals surface area (Å²) in [4.78, 5) is 22.7. The summed E-state index contributed by atoms with van der Waals surface area (Å²) in [6, 6.07) is 23.2. The standard InChI is InChI=1S/C23H22N2O5/c26-23(17-30-22-15-7-5-13-20(22)25(27)28)24-19-12-4-6-14-21(19)29-16-8-11-18-9-2-1-3-10-18/h1-7,9-10,12-15H,8,11,16-17H2,(H,24,26). The quantitative estimate of drug-likeness (QED) is 0.301. The first-order valence-corrected chi connectivity index (χ1v) is 9.55. The largest absolute Gasteiger partial charge is 0.491 e. The van der Waals surface area contributed by atoms with Crippen molar-refractivity contribution in [2.75, 3.05) is 18.5 Å². The van der Waals surface area contributed by atoms with Crippen LogP contribution in [0.15, 0.2) is 78.9 Å². The van der Waals surface area contributed by atoms with Crippen LogP contribution < -0.4 is 14.8 Å². The molecule has 0 atom stereocenters. The predicted molar refractivity (Wildman–Crippen MR) is 114 cm³/mol. The molecule has 0 spiro atoms. The molecule has 0 bridgehead atoms. The molecule has 3 aromatic rings. The Labute approximate surface area is 174 Å². The van der Waals surface area contributed by atoms with Gasteiger partial charge in [0.25, 0.3) is 5.91 Å². The van der Waals surface area contributed by atoms with Gasteiger partial charge in [-0.2, -0.15) is 0 Å². The van der Waals surface area contributed by atoms with Gasteiger partial charge in [-0.05, 0) is 36.6 Å². The zero-order valence-corrected chi connectivity index (χ0v) is 16.3. The topological polar surface area (TPSA) is 90.7 Å². The summed E-state index contributed by atoms with van der Waals surface area (Å²) in [5, 5.41) is 13.8. The Morgan fingerprint density at radius 3 is 2.30 bits per heavy atom. The molecule has 1 amide bonds. The van der Waals surface area contributed by atoms with Crippen molar-refractivity contribution < 1.29 is 19.2 Å². The second-order valence-corrected chi connectivity index (χ2v) is 6.50. The van der Waals surface area contributed by atoms with Crippen molar-refractivity contribution >= 4 is 17.3 Å². The lowest BCUT2D eigenvalue weighted by molar-refractivity contribution is -0.385. The van der Waals surface area contributed by atoms with E-state index in [1.165, 1.54) is 23.8 Å². The van der Waals surface area contributed by atoms with Gasteiger partial charge in [-0.3, -0.25) is 14.9 Å². The summed E-state index contributed by atoms with van der Waals surface area (Å²) in [5.41, 5.74) is 1.58. The predicted octanol–water partition coefficient (Wildman–Crippen LogP) is 4.62. The molecular formula is C23H22N2O5. The molecule has 1 N–H and O–H groups in total. The van der Waals surface area contributed by atoms with Crippen LogP contribution in [-0.2, 0) is 11.2 Å². The van der Waals surface area contributed by atoms with E-state index in [2.05, 4.69) is 17.4 Å². The number of nitrogens with zero attached hydrogens (tertiary/aromatic N) is 1. The van der Waals surface area contributed by atoms with Crippen molar-refractivity contribution in [1.29, 1.82) is 0 Å². The molecule has 0 aliphatic carbocycles. The SMILES string of the molecule is O=C(COc1ccccc1[N+](=O)[O-])Nc1ccccc1OCCCc1ccccc1. The molecule has 3 rings (SSSR count). The van der Waals surface area contributed by atoms with Crippen molar-refractivity contribution in [1.82, 2.24) is 0 Å². The number of carbonyl (C=O) groups is 1. The maximum atomic E-state index is 12.3. The third kappa shape index (κ3) is 6.07. The van der Waals surface area contributed by atoms with Crippen molar-refractivity contribution in [2.24, 2.45) is 0 Å². The average molecular weight is 406 g/mol. The smallest absolute Gasteiger partial charge is 0.310 e. The van der Waals surface area contributed by atoms with E-state index in [0.29, 0.717) is 18.0 Å². The van der Waals surface area contributed by atoms with Gasteiger partial charge in [-0.1, -0.05) is 54.6 Å². The monoisotopic (exact) mass is 406 g/mol. The molecule has 7 heteroatoms. The molecule has 0 aliphatic rings. The first-order chi connectivity index (χ1) is 14.6. The van der Waals surface area contributed by atoms with Gasteiger partial charge in [0, 0.05) is 6.07 Å². The lowest BCUT2D eigenvalue weighted by atomic mass is 10.1. The van der Waals surface area contributed by atoms with E-state index in [-0.39, 0.29) is 18.0 Å². The first-order valence-electron chi connectivity index (χ1n) is 9.55. The van der Waals surface area contributed by atoms with Crippen LogP contribution in [0.5, 0.6) is 11.5 Å². The average Bonchev–Trinajstić information content (AvgIpc) is 2.77. The number of para-hydroxylation sites is 4. The van der Waals surface area contributed by atoms with Crippen LogP contribution in [0.2, 0.25) is 0 Å². The van der Waals surface area contributed by atoms with E-state index in [4.69, 9.17) is 9.47 Å². The van der Waals surface area contributed by atoms with Crippen LogP contribution in [0.4, 0.5) is 11.4 Å². The number of aryl methyl sites for hydroxylation is 1. The Morgan fingerprint density at radius 2 is 1.53 bits per heavy atom. The molecule has 0 aromatic heterocycles. The van der Waals surface area contributed by atoms with Crippen LogP contribution in [0.1, 0.15) is 12.0 Å². The van der Waals surface area contributed by atoms with Crippen molar-refractivity contribution in [3.63, 3.8) is 0 Å². The Bertz CT molecular complexity index is 992. The molecule has 7 nitrogen and oxygen atoms in total. The maximum Gasteiger partial charge on any atom is 0.310 e. The summed E-state index contributed by atoms with van der Waals surface area (Å²) < 4.78 is 11.2. The molecule has 0 fully saturated rings. The Balaban J connectivity index is 1.51. The molecule has 0 heterocycles. The number of benzene rings is 3. The summed E-state index contributed by atoms with van der Waals surface area (Å²) in [6.45, 7) is 0.154. The van der Waals surface area contributed by atoms with Gasteiger partial charge in [-0.15, -0.1) is 0 Å². The Hall–Kier alpha value is -3.87. The van der Waals surface area contributed by atoms with E-state index in [0.717, 1.165) is 12.8 Å². The minimum Gasteiger partial charge on any atom is -0.491 e. The highest BCUT2D eigenvalue weighted by molar-refractivity contribution is 5.93. The van der Waals surface area contributed by atoms with Crippen LogP contribution in [0.25, 0.3) is 0 Å². The zero-order chi connectivity index (χ0) is 21.2. The molecule has 30 heavy (non-hydrogen) atoms. The Kier molecular flexibility index (Phi) is 7.38. The molecule has 0 saturated carbocycles. The molecule has 0 unspecified atom stereocenters. The third-order valence-corrected chi connectivity index (χ3v) is 4.29. The number of hydrogen-bond donors (Lipinski definition) is 1. The number of amides is 1. The number of anilines is 1. The van der Waals surface area contributed by atoms with Crippen molar-refractivity contribution in [3.05, 3.63) is 94.5 Å². The van der Waals surface area contributed by atoms with Crippen molar-refractivity contribution in [3.8, 4) is 11.5 Å². The summed E-state index contributed by atoms with van der Waals surface area (Å²) in [6.07, 6.45) is 1.74. The van der Waals surface area contributed by atoms with Gasteiger partial charge in [-0.25, -0.2) is 0 Å². The second kappa shape index (κ2) is 10.6. The van der Waals surface area contributed by atoms with Crippen LogP contribution in [0.3, 0.4) is 0 Å². The highest BCUT2D eigenvalue weighted by Gasteiger charge is 2.15. The number of rotatable bonds is 10. The molecule has 154 valence electrons. The van der Waals surface area contributed by atoms with E-state index in [9.17, 15) is 14.9 Å². The molecule has 3 aromatic carbocycles. The highest BCUT2D eigenvalue weighted by atomic mass is 16.6.